The molecule has 2 unspecified atom stereocenters. The highest BCUT2D eigenvalue weighted by Crippen LogP contribution is 2.38. The molecule has 9 heteroatoms. The fourth-order valence-electron chi connectivity index (χ4n) is 5.13. The lowest BCUT2D eigenvalue weighted by Gasteiger charge is -2.32. The van der Waals surface area contributed by atoms with Gasteiger partial charge in [-0.1, -0.05) is 32.9 Å². The molecule has 1 saturated carbocycles. The van der Waals surface area contributed by atoms with Crippen LogP contribution in [0.3, 0.4) is 0 Å². The van der Waals surface area contributed by atoms with Crippen molar-refractivity contribution in [1.29, 1.82) is 5.26 Å². The number of carbonyl (C=O) groups excluding carboxylic acids is 2. The molecule has 1 aliphatic heterocycles. The Morgan fingerprint density at radius 3 is 2.57 bits per heavy atom. The van der Waals surface area contributed by atoms with Gasteiger partial charge in [0.2, 0.25) is 0 Å². The standard InChI is InChI=1S/C28H30FN5O3/c1-28(2,3)26(25(36)24-22(31-24)17-10-19(35)11-17)32-27(37)23-20-9-8-18(29)12-21(20)34(33-23)14-16-6-4-15(13-30)5-7-16/h4-9,12,17,19,22,24,26,31,35H,10-11,14H2,1-3H3,(H,32,37)/t17?,19?,22?,24?,26-/m1/s1. The number of aromatic nitrogens is 2. The van der Waals surface area contributed by atoms with Crippen molar-refractivity contribution >= 4 is 22.6 Å². The molecule has 0 spiro atoms. The van der Waals surface area contributed by atoms with E-state index in [1.807, 2.05) is 20.8 Å². The molecule has 0 bridgehead atoms. The van der Waals surface area contributed by atoms with Gasteiger partial charge in [-0.3, -0.25) is 14.3 Å². The molecule has 2 aliphatic rings. The normalized spacial score (nSPS) is 23.7. The molecule has 192 valence electrons. The zero-order valence-corrected chi connectivity index (χ0v) is 21.0. The van der Waals surface area contributed by atoms with E-state index in [2.05, 4.69) is 21.8 Å². The second kappa shape index (κ2) is 9.36. The quantitative estimate of drug-likeness (QED) is 0.425. The number of hydrogen-bond donors (Lipinski definition) is 3. The van der Waals surface area contributed by atoms with E-state index in [-0.39, 0.29) is 42.1 Å². The molecule has 0 radical (unpaired) electrons. The summed E-state index contributed by atoms with van der Waals surface area (Å²) in [5.41, 5.74) is 1.40. The molecule has 1 aliphatic carbocycles. The fourth-order valence-corrected chi connectivity index (χ4v) is 5.13. The highest BCUT2D eigenvalue weighted by atomic mass is 19.1. The van der Waals surface area contributed by atoms with Crippen LogP contribution in [-0.2, 0) is 11.3 Å². The number of halogens is 1. The van der Waals surface area contributed by atoms with Gasteiger partial charge >= 0.3 is 0 Å². The van der Waals surface area contributed by atoms with Crippen molar-refractivity contribution in [2.75, 3.05) is 0 Å². The van der Waals surface area contributed by atoms with Crippen LogP contribution in [0.2, 0.25) is 0 Å². The van der Waals surface area contributed by atoms with Gasteiger partial charge in [0.25, 0.3) is 5.91 Å². The van der Waals surface area contributed by atoms with Crippen LogP contribution in [-0.4, -0.2) is 50.8 Å². The number of rotatable bonds is 7. The predicted octanol–water partition coefficient (Wildman–Crippen LogP) is 2.92. The topological polar surface area (TPSA) is 130 Å². The van der Waals surface area contributed by atoms with Gasteiger partial charge in [0.15, 0.2) is 11.5 Å². The molecular weight excluding hydrogens is 473 g/mol. The monoisotopic (exact) mass is 503 g/mol. The molecule has 2 aromatic carbocycles. The Balaban J connectivity index is 1.40. The third kappa shape index (κ3) is 4.99. The highest BCUT2D eigenvalue weighted by Gasteiger charge is 2.53. The van der Waals surface area contributed by atoms with Gasteiger partial charge in [0.05, 0.1) is 41.9 Å². The van der Waals surface area contributed by atoms with Crippen molar-refractivity contribution in [3.63, 3.8) is 0 Å². The van der Waals surface area contributed by atoms with E-state index >= 15 is 0 Å². The number of Topliss-reactive ketones (excluding diaryl/α,β-unsaturated/α-hetero) is 1. The summed E-state index contributed by atoms with van der Waals surface area (Å²) < 4.78 is 15.7. The first-order valence-electron chi connectivity index (χ1n) is 12.5. The minimum absolute atomic E-state index is 0.0353. The molecule has 8 nitrogen and oxygen atoms in total. The van der Waals surface area contributed by atoms with Crippen LogP contribution >= 0.6 is 0 Å². The first-order chi connectivity index (χ1) is 17.5. The number of benzene rings is 2. The van der Waals surface area contributed by atoms with Gasteiger partial charge in [-0.25, -0.2) is 4.39 Å². The van der Waals surface area contributed by atoms with Crippen LogP contribution in [0.25, 0.3) is 10.9 Å². The average Bonchev–Trinajstić information content (AvgIpc) is 3.55. The lowest BCUT2D eigenvalue weighted by atomic mass is 9.77. The van der Waals surface area contributed by atoms with Crippen LogP contribution in [0.5, 0.6) is 0 Å². The largest absolute Gasteiger partial charge is 0.393 e. The molecule has 2 heterocycles. The Hall–Kier alpha value is -3.61. The number of ketones is 1. The van der Waals surface area contributed by atoms with E-state index in [1.54, 1.807) is 28.9 Å². The first kappa shape index (κ1) is 25.1. The van der Waals surface area contributed by atoms with Crippen molar-refractivity contribution in [2.24, 2.45) is 11.3 Å². The Morgan fingerprint density at radius 1 is 1.24 bits per heavy atom. The van der Waals surface area contributed by atoms with Crippen LogP contribution in [0.15, 0.2) is 42.5 Å². The predicted molar refractivity (Wildman–Crippen MR) is 135 cm³/mol. The Kier molecular flexibility index (Phi) is 6.34. The second-order valence-corrected chi connectivity index (χ2v) is 11.2. The molecule has 1 amide bonds. The summed E-state index contributed by atoms with van der Waals surface area (Å²) in [5.74, 6) is -0.758. The first-order valence-corrected chi connectivity index (χ1v) is 12.5. The summed E-state index contributed by atoms with van der Waals surface area (Å²) in [6.45, 7) is 5.98. The number of nitrogens with one attached hydrogen (secondary N) is 2. The van der Waals surface area contributed by atoms with Gasteiger partial charge in [-0.05, 0) is 60.1 Å². The minimum Gasteiger partial charge on any atom is -0.393 e. The number of nitrogens with zero attached hydrogens (tertiary/aromatic N) is 3. The fraction of sp³-hybridized carbons (Fsp3) is 0.429. The van der Waals surface area contributed by atoms with Gasteiger partial charge < -0.3 is 15.7 Å². The zero-order chi connectivity index (χ0) is 26.5. The molecule has 3 aromatic rings. The van der Waals surface area contributed by atoms with E-state index in [9.17, 15) is 19.1 Å². The smallest absolute Gasteiger partial charge is 0.273 e. The third-order valence-electron chi connectivity index (χ3n) is 7.36. The number of hydrogen-bond acceptors (Lipinski definition) is 6. The van der Waals surface area contributed by atoms with E-state index in [4.69, 9.17) is 5.26 Å². The molecule has 1 aromatic heterocycles. The van der Waals surface area contributed by atoms with Crippen LogP contribution in [0, 0.1) is 28.5 Å². The average molecular weight is 504 g/mol. The number of amides is 1. The maximum atomic E-state index is 14.1. The minimum atomic E-state index is -0.758. The third-order valence-corrected chi connectivity index (χ3v) is 7.36. The summed E-state index contributed by atoms with van der Waals surface area (Å²) in [5, 5.41) is 29.8. The lowest BCUT2D eigenvalue weighted by molar-refractivity contribution is -0.123. The van der Waals surface area contributed by atoms with Gasteiger partial charge in [0, 0.05) is 11.4 Å². The molecule has 3 atom stereocenters. The van der Waals surface area contributed by atoms with Crippen LogP contribution in [0.1, 0.15) is 55.2 Å². The van der Waals surface area contributed by atoms with E-state index in [0.29, 0.717) is 29.3 Å². The van der Waals surface area contributed by atoms with Gasteiger partial charge in [-0.15, -0.1) is 0 Å². The molecular formula is C28H30FN5O3. The molecule has 2 fully saturated rings. The number of aliphatic hydroxyl groups excluding tert-OH is 1. The summed E-state index contributed by atoms with van der Waals surface area (Å²) in [6, 6.07) is 12.1. The maximum Gasteiger partial charge on any atom is 0.273 e. The molecule has 3 N–H and O–H groups in total. The Bertz CT molecular complexity index is 1400. The molecule has 5 rings (SSSR count). The highest BCUT2D eigenvalue weighted by molar-refractivity contribution is 6.07. The second-order valence-electron chi connectivity index (χ2n) is 11.2. The summed E-state index contributed by atoms with van der Waals surface area (Å²) in [6.07, 6.45) is 1.08. The number of nitriles is 1. The molecule has 1 saturated heterocycles. The number of fused-ring (bicyclic) bond motifs is 1. The van der Waals surface area contributed by atoms with Crippen molar-refractivity contribution < 1.29 is 19.1 Å². The van der Waals surface area contributed by atoms with Crippen LogP contribution < -0.4 is 10.6 Å². The summed E-state index contributed by atoms with van der Waals surface area (Å²) in [4.78, 5) is 26.9. The van der Waals surface area contributed by atoms with E-state index in [1.165, 1.54) is 18.2 Å². The van der Waals surface area contributed by atoms with Crippen molar-refractivity contribution in [1.82, 2.24) is 20.4 Å². The van der Waals surface area contributed by atoms with Crippen molar-refractivity contribution in [3.05, 3.63) is 65.1 Å². The maximum absolute atomic E-state index is 14.1. The van der Waals surface area contributed by atoms with Crippen LogP contribution in [0.4, 0.5) is 4.39 Å². The van der Waals surface area contributed by atoms with E-state index in [0.717, 1.165) is 5.56 Å². The van der Waals surface area contributed by atoms with Crippen molar-refractivity contribution in [2.45, 2.75) is 64.4 Å². The van der Waals surface area contributed by atoms with Crippen molar-refractivity contribution in [3.8, 4) is 6.07 Å². The summed E-state index contributed by atoms with van der Waals surface area (Å²) >= 11 is 0. The number of carbonyl (C=O) groups is 2. The van der Waals surface area contributed by atoms with E-state index < -0.39 is 23.2 Å². The lowest BCUT2D eigenvalue weighted by Crippen LogP contribution is -2.51. The zero-order valence-electron chi connectivity index (χ0n) is 21.0. The van der Waals surface area contributed by atoms with Gasteiger partial charge in [-0.2, -0.15) is 10.4 Å². The summed E-state index contributed by atoms with van der Waals surface area (Å²) in [7, 11) is 0. The SMILES string of the molecule is CC(C)(C)[C@H](NC(=O)c1nn(Cc2ccc(C#N)cc2)c2cc(F)ccc12)C(=O)C1NC1C1CC(O)C1. The Labute approximate surface area is 214 Å². The Morgan fingerprint density at radius 2 is 1.95 bits per heavy atom. The van der Waals surface area contributed by atoms with Gasteiger partial charge in [0.1, 0.15) is 5.82 Å². The number of aliphatic hydroxyl groups is 1. The molecule has 37 heavy (non-hydrogen) atoms.